The van der Waals surface area contributed by atoms with Gasteiger partial charge in [-0.1, -0.05) is 12.1 Å². The van der Waals surface area contributed by atoms with Crippen molar-refractivity contribution in [3.63, 3.8) is 0 Å². The maximum absolute atomic E-state index is 5.73. The van der Waals surface area contributed by atoms with E-state index in [4.69, 9.17) is 4.74 Å². The Hall–Kier alpha value is -0.540. The van der Waals surface area contributed by atoms with Crippen molar-refractivity contribution in [1.29, 1.82) is 0 Å². The summed E-state index contributed by atoms with van der Waals surface area (Å²) in [6.45, 7) is 4.58. The Labute approximate surface area is 99.4 Å². The van der Waals surface area contributed by atoms with Crippen molar-refractivity contribution >= 4 is 15.9 Å². The second-order valence-electron chi connectivity index (χ2n) is 3.99. The van der Waals surface area contributed by atoms with Gasteiger partial charge in [0, 0.05) is 12.8 Å². The molecule has 0 radical (unpaired) electrons. The van der Waals surface area contributed by atoms with E-state index in [2.05, 4.69) is 15.9 Å². The molecule has 1 aromatic rings. The third-order valence-corrected chi connectivity index (χ3v) is 3.52. The minimum Gasteiger partial charge on any atom is -0.487 e. The lowest BCUT2D eigenvalue weighted by atomic mass is 10.3. The quantitative estimate of drug-likeness (QED) is 0.876. The lowest BCUT2D eigenvalue weighted by molar-refractivity contribution is -0.887. The van der Waals surface area contributed by atoms with Gasteiger partial charge in [0.2, 0.25) is 0 Å². The standard InChI is InChI=1S/C12H16BrNO/c13-11-5-1-2-6-12(11)15-10-9-14-7-3-4-8-14/h1-2,5-6H,3-4,7-10H2/p+1. The highest BCUT2D eigenvalue weighted by molar-refractivity contribution is 9.10. The van der Waals surface area contributed by atoms with E-state index in [1.54, 1.807) is 4.90 Å². The lowest BCUT2D eigenvalue weighted by Crippen LogP contribution is -3.10. The number of quaternary nitrogens is 1. The van der Waals surface area contributed by atoms with E-state index in [0.29, 0.717) is 0 Å². The molecule has 0 saturated carbocycles. The number of benzene rings is 1. The molecule has 1 aliphatic heterocycles. The predicted octanol–water partition coefficient (Wildman–Crippen LogP) is 1.51. The average Bonchev–Trinajstić information content (AvgIpc) is 2.74. The van der Waals surface area contributed by atoms with Gasteiger partial charge in [-0.2, -0.15) is 0 Å². The highest BCUT2D eigenvalue weighted by Gasteiger charge is 2.14. The second-order valence-corrected chi connectivity index (χ2v) is 4.84. The first-order valence-corrected chi connectivity index (χ1v) is 6.36. The van der Waals surface area contributed by atoms with Gasteiger partial charge >= 0.3 is 0 Å². The van der Waals surface area contributed by atoms with Crippen LogP contribution >= 0.6 is 15.9 Å². The second kappa shape index (κ2) is 5.52. The first-order chi connectivity index (χ1) is 7.36. The van der Waals surface area contributed by atoms with E-state index >= 15 is 0 Å². The Morgan fingerprint density at radius 1 is 1.20 bits per heavy atom. The van der Waals surface area contributed by atoms with Crippen LogP contribution in [0.15, 0.2) is 28.7 Å². The van der Waals surface area contributed by atoms with Crippen LogP contribution in [-0.2, 0) is 0 Å². The Kier molecular flexibility index (Phi) is 4.03. The van der Waals surface area contributed by atoms with Crippen LogP contribution in [0.4, 0.5) is 0 Å². The molecule has 0 amide bonds. The predicted molar refractivity (Wildman–Crippen MR) is 64.4 cm³/mol. The van der Waals surface area contributed by atoms with Crippen LogP contribution in [0.25, 0.3) is 0 Å². The number of hydrogen-bond donors (Lipinski definition) is 1. The summed E-state index contributed by atoms with van der Waals surface area (Å²) in [7, 11) is 0. The van der Waals surface area contributed by atoms with Gasteiger partial charge in [-0.25, -0.2) is 0 Å². The highest BCUT2D eigenvalue weighted by atomic mass is 79.9. The molecule has 1 aromatic carbocycles. The molecule has 0 aliphatic carbocycles. The Bertz CT molecular complexity index is 310. The van der Waals surface area contributed by atoms with Crippen molar-refractivity contribution in [3.05, 3.63) is 28.7 Å². The molecule has 0 atom stereocenters. The lowest BCUT2D eigenvalue weighted by Gasteiger charge is -2.13. The number of nitrogens with one attached hydrogen (secondary N) is 1. The highest BCUT2D eigenvalue weighted by Crippen LogP contribution is 2.23. The zero-order valence-corrected chi connectivity index (χ0v) is 10.4. The van der Waals surface area contributed by atoms with Gasteiger partial charge in [0.1, 0.15) is 18.9 Å². The van der Waals surface area contributed by atoms with Crippen LogP contribution in [0.3, 0.4) is 0 Å². The van der Waals surface area contributed by atoms with Crippen LogP contribution < -0.4 is 9.64 Å². The number of rotatable bonds is 4. The van der Waals surface area contributed by atoms with Crippen LogP contribution in [-0.4, -0.2) is 26.2 Å². The third-order valence-electron chi connectivity index (χ3n) is 2.86. The summed E-state index contributed by atoms with van der Waals surface area (Å²) in [4.78, 5) is 1.68. The molecule has 0 aromatic heterocycles. The van der Waals surface area contributed by atoms with Crippen LogP contribution in [0.2, 0.25) is 0 Å². The van der Waals surface area contributed by atoms with E-state index in [1.165, 1.54) is 25.9 Å². The fourth-order valence-corrected chi connectivity index (χ4v) is 2.39. The zero-order valence-electron chi connectivity index (χ0n) is 8.84. The monoisotopic (exact) mass is 270 g/mol. The van der Waals surface area contributed by atoms with Gasteiger partial charge in [-0.15, -0.1) is 0 Å². The van der Waals surface area contributed by atoms with Crippen LogP contribution in [0.1, 0.15) is 12.8 Å². The summed E-state index contributed by atoms with van der Waals surface area (Å²) >= 11 is 3.48. The average molecular weight is 271 g/mol. The molecule has 1 fully saturated rings. The first kappa shape index (κ1) is 11.0. The number of ether oxygens (including phenoxy) is 1. The van der Waals surface area contributed by atoms with Crippen LogP contribution in [0.5, 0.6) is 5.75 Å². The van der Waals surface area contributed by atoms with E-state index in [-0.39, 0.29) is 0 Å². The SMILES string of the molecule is Brc1ccccc1OCC[NH+]1CCCC1. The molecule has 3 heteroatoms. The molecule has 2 rings (SSSR count). The van der Waals surface area contributed by atoms with Crippen molar-refractivity contribution in [3.8, 4) is 5.75 Å². The van der Waals surface area contributed by atoms with Crippen molar-refractivity contribution in [2.75, 3.05) is 26.2 Å². The molecular formula is C12H17BrNO+. The number of para-hydroxylation sites is 1. The maximum Gasteiger partial charge on any atom is 0.137 e. The minimum atomic E-state index is 0.817. The number of halogens is 1. The molecule has 82 valence electrons. The molecule has 0 unspecified atom stereocenters. The van der Waals surface area contributed by atoms with E-state index in [9.17, 15) is 0 Å². The Morgan fingerprint density at radius 3 is 2.67 bits per heavy atom. The van der Waals surface area contributed by atoms with Crippen LogP contribution in [0, 0.1) is 0 Å². The Morgan fingerprint density at radius 2 is 1.93 bits per heavy atom. The topological polar surface area (TPSA) is 13.7 Å². The number of hydrogen-bond acceptors (Lipinski definition) is 1. The van der Waals surface area contributed by atoms with E-state index in [0.717, 1.165) is 23.4 Å². The van der Waals surface area contributed by atoms with E-state index in [1.807, 2.05) is 24.3 Å². The summed E-state index contributed by atoms with van der Waals surface area (Å²) in [5, 5.41) is 0. The fourth-order valence-electron chi connectivity index (χ4n) is 1.99. The molecule has 1 N–H and O–H groups in total. The van der Waals surface area contributed by atoms with E-state index < -0.39 is 0 Å². The Balaban J connectivity index is 1.75. The molecule has 1 aliphatic rings. The first-order valence-electron chi connectivity index (χ1n) is 5.57. The third kappa shape index (κ3) is 3.21. The van der Waals surface area contributed by atoms with Crippen molar-refractivity contribution in [2.45, 2.75) is 12.8 Å². The number of likely N-dealkylation sites (tertiary alicyclic amines) is 1. The maximum atomic E-state index is 5.73. The summed E-state index contributed by atoms with van der Waals surface area (Å²) < 4.78 is 6.77. The normalized spacial score (nSPS) is 16.9. The summed E-state index contributed by atoms with van der Waals surface area (Å²) in [6, 6.07) is 8.02. The molecule has 1 saturated heterocycles. The van der Waals surface area contributed by atoms with Gasteiger partial charge in [-0.3, -0.25) is 0 Å². The van der Waals surface area contributed by atoms with Gasteiger partial charge in [-0.05, 0) is 28.1 Å². The van der Waals surface area contributed by atoms with Crippen molar-refractivity contribution in [1.82, 2.24) is 0 Å². The van der Waals surface area contributed by atoms with Crippen molar-refractivity contribution < 1.29 is 9.64 Å². The summed E-state index contributed by atoms with van der Waals surface area (Å²) in [6.07, 6.45) is 2.76. The smallest absolute Gasteiger partial charge is 0.137 e. The molecule has 2 nitrogen and oxygen atoms in total. The van der Waals surface area contributed by atoms with Gasteiger partial charge in [0.25, 0.3) is 0 Å². The van der Waals surface area contributed by atoms with Gasteiger partial charge in [0.15, 0.2) is 0 Å². The molecule has 1 heterocycles. The molecular weight excluding hydrogens is 254 g/mol. The summed E-state index contributed by atoms with van der Waals surface area (Å²) in [5.41, 5.74) is 0. The van der Waals surface area contributed by atoms with Crippen molar-refractivity contribution in [2.24, 2.45) is 0 Å². The zero-order chi connectivity index (χ0) is 10.5. The largest absolute Gasteiger partial charge is 0.487 e. The fraction of sp³-hybridized carbons (Fsp3) is 0.500. The van der Waals surface area contributed by atoms with Gasteiger partial charge < -0.3 is 9.64 Å². The minimum absolute atomic E-state index is 0.817. The molecule has 0 bridgehead atoms. The molecule has 15 heavy (non-hydrogen) atoms. The van der Waals surface area contributed by atoms with Gasteiger partial charge in [0.05, 0.1) is 17.6 Å². The summed E-state index contributed by atoms with van der Waals surface area (Å²) in [5.74, 6) is 0.955. The molecule has 0 spiro atoms.